The number of thioether (sulfide) groups is 1. The maximum atomic E-state index is 12.5. The van der Waals surface area contributed by atoms with Crippen LogP contribution in [0.1, 0.15) is 6.42 Å². The molecular formula is C20H17N3O5S. The molecule has 148 valence electrons. The Morgan fingerprint density at radius 3 is 2.59 bits per heavy atom. The van der Waals surface area contributed by atoms with E-state index in [2.05, 4.69) is 10.6 Å². The van der Waals surface area contributed by atoms with Gasteiger partial charge in [-0.1, -0.05) is 24.3 Å². The summed E-state index contributed by atoms with van der Waals surface area (Å²) in [6.45, 7) is -0.652. The molecule has 2 aromatic carbocycles. The molecule has 0 bridgehead atoms. The van der Waals surface area contributed by atoms with Gasteiger partial charge in [-0.15, -0.1) is 11.8 Å². The molecule has 9 heteroatoms. The number of hydrogen-bond acceptors (Lipinski definition) is 6. The van der Waals surface area contributed by atoms with E-state index in [4.69, 9.17) is 4.74 Å². The Balaban J connectivity index is 1.35. The number of carbonyl (C=O) groups excluding carboxylic acids is 4. The van der Waals surface area contributed by atoms with Gasteiger partial charge in [0.05, 0.1) is 28.7 Å². The van der Waals surface area contributed by atoms with E-state index >= 15 is 0 Å². The molecule has 8 nitrogen and oxygen atoms in total. The molecule has 2 N–H and O–H groups in total. The van der Waals surface area contributed by atoms with Crippen molar-refractivity contribution in [3.63, 3.8) is 0 Å². The van der Waals surface area contributed by atoms with Gasteiger partial charge in [0.1, 0.15) is 6.54 Å². The number of carbonyl (C=O) groups is 4. The lowest BCUT2D eigenvalue weighted by Crippen LogP contribution is -2.44. The molecule has 3 amide bonds. The molecule has 0 radical (unpaired) electrons. The van der Waals surface area contributed by atoms with Crippen LogP contribution in [0.2, 0.25) is 0 Å². The average molecular weight is 411 g/mol. The van der Waals surface area contributed by atoms with Crippen molar-refractivity contribution >= 4 is 52.5 Å². The average Bonchev–Trinajstić information content (AvgIpc) is 2.72. The first-order valence-corrected chi connectivity index (χ1v) is 9.80. The number of benzene rings is 2. The van der Waals surface area contributed by atoms with Crippen molar-refractivity contribution in [2.75, 3.05) is 28.7 Å². The van der Waals surface area contributed by atoms with Crippen molar-refractivity contribution in [3.8, 4) is 0 Å². The van der Waals surface area contributed by atoms with Crippen LogP contribution < -0.4 is 15.5 Å². The van der Waals surface area contributed by atoms with E-state index in [0.717, 1.165) is 4.90 Å². The third-order valence-corrected chi connectivity index (χ3v) is 5.76. The van der Waals surface area contributed by atoms with Gasteiger partial charge in [-0.25, -0.2) is 0 Å². The summed E-state index contributed by atoms with van der Waals surface area (Å²) in [5.41, 5.74) is 1.79. The summed E-state index contributed by atoms with van der Waals surface area (Å²) in [5.74, 6) is -1.76. The highest BCUT2D eigenvalue weighted by atomic mass is 32.2. The van der Waals surface area contributed by atoms with E-state index in [1.54, 1.807) is 30.3 Å². The normalized spacial score (nSPS) is 17.5. The largest absolute Gasteiger partial charge is 0.456 e. The minimum absolute atomic E-state index is 0.148. The zero-order valence-electron chi connectivity index (χ0n) is 15.2. The van der Waals surface area contributed by atoms with Crippen LogP contribution in [-0.2, 0) is 23.9 Å². The number of fused-ring (bicyclic) bond motifs is 2. The van der Waals surface area contributed by atoms with Gasteiger partial charge in [0.25, 0.3) is 5.91 Å². The third-order valence-electron chi connectivity index (χ3n) is 4.49. The Kier molecular flexibility index (Phi) is 5.22. The second-order valence-corrected chi connectivity index (χ2v) is 7.75. The second kappa shape index (κ2) is 7.96. The smallest absolute Gasteiger partial charge is 0.307 e. The summed E-state index contributed by atoms with van der Waals surface area (Å²) in [4.78, 5) is 50.9. The lowest BCUT2D eigenvalue weighted by Gasteiger charge is -2.29. The van der Waals surface area contributed by atoms with Crippen molar-refractivity contribution in [2.45, 2.75) is 16.6 Å². The number of hydrogen-bond donors (Lipinski definition) is 2. The topological polar surface area (TPSA) is 105 Å². The standard InChI is InChI=1S/C20H17N3O5S/c24-17-10-23(14-7-3-1-5-12(14)21-17)18(25)11-28-19(26)9-16-20(27)22-13-6-2-4-8-15(13)29-16/h1-8,16H,9-11H2,(H,21,24)(H,22,27). The molecule has 4 rings (SSSR count). The number of anilines is 3. The molecule has 1 unspecified atom stereocenters. The molecule has 0 saturated heterocycles. The Morgan fingerprint density at radius 2 is 1.76 bits per heavy atom. The molecule has 0 saturated carbocycles. The van der Waals surface area contributed by atoms with Crippen LogP contribution in [0.3, 0.4) is 0 Å². The van der Waals surface area contributed by atoms with Gasteiger partial charge >= 0.3 is 5.97 Å². The second-order valence-electron chi connectivity index (χ2n) is 6.50. The van der Waals surface area contributed by atoms with Gasteiger partial charge in [0.15, 0.2) is 6.61 Å². The van der Waals surface area contributed by atoms with Crippen molar-refractivity contribution in [3.05, 3.63) is 48.5 Å². The van der Waals surface area contributed by atoms with Crippen LogP contribution in [0.15, 0.2) is 53.4 Å². The van der Waals surface area contributed by atoms with Crippen LogP contribution in [0.25, 0.3) is 0 Å². The number of esters is 1. The van der Waals surface area contributed by atoms with Crippen LogP contribution in [0.5, 0.6) is 0 Å². The van der Waals surface area contributed by atoms with Gasteiger partial charge in [-0.2, -0.15) is 0 Å². The lowest BCUT2D eigenvalue weighted by atomic mass is 10.2. The quantitative estimate of drug-likeness (QED) is 0.746. The Bertz CT molecular complexity index is 1010. The van der Waals surface area contributed by atoms with Crippen LogP contribution in [-0.4, -0.2) is 42.1 Å². The van der Waals surface area contributed by atoms with Crippen molar-refractivity contribution in [1.29, 1.82) is 0 Å². The number of rotatable bonds is 4. The first-order valence-electron chi connectivity index (χ1n) is 8.92. The fourth-order valence-corrected chi connectivity index (χ4v) is 4.21. The summed E-state index contributed by atoms with van der Waals surface area (Å²) in [6, 6.07) is 14.2. The highest BCUT2D eigenvalue weighted by Gasteiger charge is 2.31. The molecule has 0 fully saturated rings. The van der Waals surface area contributed by atoms with E-state index < -0.39 is 23.7 Å². The van der Waals surface area contributed by atoms with Gasteiger partial charge < -0.3 is 15.4 Å². The summed E-state index contributed by atoms with van der Waals surface area (Å²) < 4.78 is 5.09. The molecule has 29 heavy (non-hydrogen) atoms. The number of nitrogens with zero attached hydrogens (tertiary/aromatic N) is 1. The molecule has 2 heterocycles. The van der Waals surface area contributed by atoms with Crippen LogP contribution in [0, 0.1) is 0 Å². The lowest BCUT2D eigenvalue weighted by molar-refractivity contribution is -0.148. The molecule has 0 aliphatic carbocycles. The zero-order chi connectivity index (χ0) is 20.4. The Morgan fingerprint density at radius 1 is 1.03 bits per heavy atom. The third kappa shape index (κ3) is 4.09. The monoisotopic (exact) mass is 411 g/mol. The summed E-state index contributed by atoms with van der Waals surface area (Å²) in [6.07, 6.45) is -0.158. The van der Waals surface area contributed by atoms with Gasteiger partial charge in [0, 0.05) is 4.90 Å². The minimum Gasteiger partial charge on any atom is -0.456 e. The predicted octanol–water partition coefficient (Wildman–Crippen LogP) is 2.02. The molecule has 1 atom stereocenters. The number of nitrogens with one attached hydrogen (secondary N) is 2. The molecule has 2 aromatic rings. The van der Waals surface area contributed by atoms with Gasteiger partial charge in [-0.3, -0.25) is 24.1 Å². The van der Waals surface area contributed by atoms with Crippen molar-refractivity contribution in [1.82, 2.24) is 0 Å². The minimum atomic E-state index is -0.653. The van der Waals surface area contributed by atoms with E-state index in [1.807, 2.05) is 18.2 Å². The van der Waals surface area contributed by atoms with Gasteiger partial charge in [0.2, 0.25) is 11.8 Å². The molecule has 0 spiro atoms. The highest BCUT2D eigenvalue weighted by Crippen LogP contribution is 2.36. The van der Waals surface area contributed by atoms with Crippen LogP contribution in [0.4, 0.5) is 17.1 Å². The van der Waals surface area contributed by atoms with Crippen LogP contribution >= 0.6 is 11.8 Å². The predicted molar refractivity (Wildman–Crippen MR) is 108 cm³/mol. The first-order chi connectivity index (χ1) is 14.0. The first kappa shape index (κ1) is 19.0. The SMILES string of the molecule is O=C1CN(C(=O)COC(=O)CC2Sc3ccccc3NC2=O)c2ccccc2N1. The number of amides is 3. The summed E-state index contributed by atoms with van der Waals surface area (Å²) in [5, 5.41) is 4.82. The van der Waals surface area contributed by atoms with E-state index in [-0.39, 0.29) is 24.8 Å². The highest BCUT2D eigenvalue weighted by molar-refractivity contribution is 8.01. The maximum absolute atomic E-state index is 12.5. The fraction of sp³-hybridized carbons (Fsp3) is 0.200. The van der Waals surface area contributed by atoms with Gasteiger partial charge in [-0.05, 0) is 24.3 Å². The molecule has 2 aliphatic rings. The molecule has 2 aliphatic heterocycles. The Labute approximate surface area is 170 Å². The fourth-order valence-electron chi connectivity index (χ4n) is 3.11. The van der Waals surface area contributed by atoms with E-state index in [0.29, 0.717) is 17.1 Å². The Hall–Kier alpha value is -3.33. The molecular weight excluding hydrogens is 394 g/mol. The van der Waals surface area contributed by atoms with E-state index in [9.17, 15) is 19.2 Å². The number of ether oxygens (including phenoxy) is 1. The zero-order valence-corrected chi connectivity index (χ0v) is 16.0. The summed E-state index contributed by atoms with van der Waals surface area (Å²) in [7, 11) is 0. The summed E-state index contributed by atoms with van der Waals surface area (Å²) >= 11 is 1.29. The van der Waals surface area contributed by atoms with Crippen molar-refractivity contribution < 1.29 is 23.9 Å². The maximum Gasteiger partial charge on any atom is 0.307 e. The van der Waals surface area contributed by atoms with Crippen molar-refractivity contribution in [2.24, 2.45) is 0 Å². The van der Waals surface area contributed by atoms with E-state index in [1.165, 1.54) is 16.7 Å². The number of para-hydroxylation sites is 3. The molecule has 0 aromatic heterocycles.